The summed E-state index contributed by atoms with van der Waals surface area (Å²) in [6, 6.07) is 1.99. The third-order valence-electron chi connectivity index (χ3n) is 4.97. The van der Waals surface area contributed by atoms with E-state index in [0.717, 1.165) is 44.1 Å². The lowest BCUT2D eigenvalue weighted by atomic mass is 10.1. The maximum Gasteiger partial charge on any atom is 0.419 e. The molecule has 0 unspecified atom stereocenters. The van der Waals surface area contributed by atoms with Crippen molar-refractivity contribution in [2.75, 3.05) is 23.3 Å². The first-order chi connectivity index (χ1) is 14.3. The van der Waals surface area contributed by atoms with Gasteiger partial charge in [0.2, 0.25) is 5.95 Å². The Morgan fingerprint density at radius 3 is 2.60 bits per heavy atom. The van der Waals surface area contributed by atoms with Crippen molar-refractivity contribution in [3.63, 3.8) is 0 Å². The number of nitrogens with one attached hydrogen (secondary N) is 1. The van der Waals surface area contributed by atoms with Gasteiger partial charge in [-0.2, -0.15) is 13.2 Å². The van der Waals surface area contributed by atoms with Crippen LogP contribution in [0.2, 0.25) is 5.15 Å². The van der Waals surface area contributed by atoms with Gasteiger partial charge in [0.05, 0.1) is 16.3 Å². The van der Waals surface area contributed by atoms with Crippen LogP contribution in [0, 0.1) is 6.92 Å². The van der Waals surface area contributed by atoms with Gasteiger partial charge in [0.15, 0.2) is 5.15 Å². The van der Waals surface area contributed by atoms with Crippen molar-refractivity contribution >= 4 is 55.0 Å². The quantitative estimate of drug-likeness (QED) is 0.497. The van der Waals surface area contributed by atoms with Crippen LogP contribution in [-0.2, 0) is 6.18 Å². The Labute approximate surface area is 176 Å². The summed E-state index contributed by atoms with van der Waals surface area (Å²) in [5, 5.41) is 13.9. The van der Waals surface area contributed by atoms with Crippen molar-refractivity contribution in [2.45, 2.75) is 19.1 Å². The second-order valence-corrected chi connectivity index (χ2v) is 8.31. The van der Waals surface area contributed by atoms with Crippen LogP contribution in [-0.4, -0.2) is 44.3 Å². The van der Waals surface area contributed by atoms with Crippen LogP contribution in [0.25, 0.3) is 20.3 Å². The minimum atomic E-state index is -4.45. The van der Waals surface area contributed by atoms with Gasteiger partial charge in [-0.1, -0.05) is 11.6 Å². The molecule has 1 N–H and O–H groups in total. The summed E-state index contributed by atoms with van der Waals surface area (Å²) >= 11 is 7.62. The molecule has 4 aromatic rings. The molecule has 0 amide bonds. The van der Waals surface area contributed by atoms with E-state index < -0.39 is 11.7 Å². The lowest BCUT2D eigenvalue weighted by molar-refractivity contribution is -0.138. The van der Waals surface area contributed by atoms with Gasteiger partial charge in [-0.05, 0) is 18.6 Å². The lowest BCUT2D eigenvalue weighted by Crippen LogP contribution is -2.55. The summed E-state index contributed by atoms with van der Waals surface area (Å²) in [5.41, 5.74) is 0.0138. The number of hydrogen-bond acceptors (Lipinski definition) is 8. The number of fused-ring (bicyclic) bond motifs is 3. The number of alkyl halides is 3. The molecule has 4 aromatic heterocycles. The molecule has 0 bridgehead atoms. The zero-order chi connectivity index (χ0) is 21.0. The molecule has 1 fully saturated rings. The van der Waals surface area contributed by atoms with Crippen molar-refractivity contribution in [1.82, 2.24) is 25.1 Å². The van der Waals surface area contributed by atoms with E-state index in [1.54, 1.807) is 11.1 Å². The third kappa shape index (κ3) is 3.18. The number of nitrogens with zero attached hydrogens (tertiary/aromatic N) is 6. The van der Waals surface area contributed by atoms with E-state index in [0.29, 0.717) is 18.2 Å². The molecule has 0 radical (unpaired) electrons. The van der Waals surface area contributed by atoms with Crippen molar-refractivity contribution in [3.05, 3.63) is 40.9 Å². The van der Waals surface area contributed by atoms with E-state index in [9.17, 15) is 13.2 Å². The van der Waals surface area contributed by atoms with Gasteiger partial charge in [-0.15, -0.1) is 21.5 Å². The van der Waals surface area contributed by atoms with E-state index in [1.165, 1.54) is 11.3 Å². The maximum absolute atomic E-state index is 12.6. The average Bonchev–Trinajstić information content (AvgIpc) is 3.07. The van der Waals surface area contributed by atoms with Gasteiger partial charge in [0, 0.05) is 42.5 Å². The third-order valence-corrected chi connectivity index (χ3v) is 6.43. The highest BCUT2D eigenvalue weighted by molar-refractivity contribution is 7.26. The first-order valence-electron chi connectivity index (χ1n) is 8.92. The summed E-state index contributed by atoms with van der Waals surface area (Å²) < 4.78 is 38.9. The molecule has 0 aromatic carbocycles. The first kappa shape index (κ1) is 19.2. The topological polar surface area (TPSA) is 79.7 Å². The Bertz CT molecular complexity index is 1250. The number of aromatic nitrogens is 5. The number of thiophene rings is 1. The minimum absolute atomic E-state index is 0.0648. The predicted molar refractivity (Wildman–Crippen MR) is 109 cm³/mol. The van der Waals surface area contributed by atoms with E-state index in [1.807, 2.05) is 13.0 Å². The summed E-state index contributed by atoms with van der Waals surface area (Å²) in [6.45, 7) is 3.02. The average molecular weight is 452 g/mol. The van der Waals surface area contributed by atoms with E-state index in [2.05, 4.69) is 30.5 Å². The molecular weight excluding hydrogens is 439 g/mol. The summed E-state index contributed by atoms with van der Waals surface area (Å²) in [7, 11) is 0. The molecule has 1 saturated heterocycles. The van der Waals surface area contributed by atoms with Crippen LogP contribution >= 0.6 is 22.9 Å². The van der Waals surface area contributed by atoms with Crippen molar-refractivity contribution in [2.24, 2.45) is 0 Å². The van der Waals surface area contributed by atoms with Crippen molar-refractivity contribution in [1.29, 1.82) is 0 Å². The summed E-state index contributed by atoms with van der Waals surface area (Å²) in [6.07, 6.45) is -1.12. The number of anilines is 2. The molecule has 12 heteroatoms. The smallest absolute Gasteiger partial charge is 0.363 e. The number of halogens is 4. The summed E-state index contributed by atoms with van der Waals surface area (Å²) in [4.78, 5) is 14.7. The molecule has 1 aliphatic heterocycles. The SMILES string of the molecule is Cc1c(Cl)nnc2sc3c(NC4CN(c5ncc(C(F)(F)F)cn5)C4)nccc3c12. The van der Waals surface area contributed by atoms with Crippen LogP contribution in [0.3, 0.4) is 0 Å². The molecule has 154 valence electrons. The van der Waals surface area contributed by atoms with Gasteiger partial charge >= 0.3 is 6.18 Å². The molecule has 0 spiro atoms. The van der Waals surface area contributed by atoms with Crippen LogP contribution < -0.4 is 10.2 Å². The molecule has 0 saturated carbocycles. The van der Waals surface area contributed by atoms with E-state index >= 15 is 0 Å². The van der Waals surface area contributed by atoms with Crippen LogP contribution in [0.4, 0.5) is 24.9 Å². The van der Waals surface area contributed by atoms with Crippen molar-refractivity contribution < 1.29 is 13.2 Å². The molecule has 1 aliphatic rings. The second-order valence-electron chi connectivity index (χ2n) is 6.95. The van der Waals surface area contributed by atoms with Gasteiger partial charge in [0.1, 0.15) is 10.6 Å². The van der Waals surface area contributed by atoms with Gasteiger partial charge in [0.25, 0.3) is 0 Å². The van der Waals surface area contributed by atoms with E-state index in [4.69, 9.17) is 11.6 Å². The highest BCUT2D eigenvalue weighted by atomic mass is 35.5. The fourth-order valence-corrected chi connectivity index (χ4v) is 4.63. The fourth-order valence-electron chi connectivity index (χ4n) is 3.37. The number of aryl methyl sites for hydroxylation is 1. The summed E-state index contributed by atoms with van der Waals surface area (Å²) in [5.74, 6) is 0.999. The lowest BCUT2D eigenvalue weighted by Gasteiger charge is -2.39. The Morgan fingerprint density at radius 2 is 1.90 bits per heavy atom. The standard InChI is InChI=1S/C18H13ClF3N7S/c1-8-12-11-2-3-23-15(13(11)30-16(12)28-27-14(8)19)26-10-6-29(7-10)17-24-4-9(5-25-17)18(20,21)22/h2-5,10H,6-7H2,1H3,(H,23,26). The Morgan fingerprint density at radius 1 is 1.17 bits per heavy atom. The normalized spacial score (nSPS) is 15.0. The highest BCUT2D eigenvalue weighted by Gasteiger charge is 2.33. The number of rotatable bonds is 3. The van der Waals surface area contributed by atoms with Crippen molar-refractivity contribution in [3.8, 4) is 0 Å². The largest absolute Gasteiger partial charge is 0.419 e. The maximum atomic E-state index is 12.6. The molecule has 30 heavy (non-hydrogen) atoms. The zero-order valence-electron chi connectivity index (χ0n) is 15.4. The minimum Gasteiger partial charge on any atom is -0.363 e. The fraction of sp³-hybridized carbons (Fsp3) is 0.278. The van der Waals surface area contributed by atoms with Gasteiger partial charge in [-0.25, -0.2) is 15.0 Å². The molecule has 5 rings (SSSR count). The van der Waals surface area contributed by atoms with Crippen LogP contribution in [0.5, 0.6) is 0 Å². The first-order valence-corrected chi connectivity index (χ1v) is 10.1. The Kier molecular flexibility index (Phi) is 4.40. The molecule has 0 atom stereocenters. The molecular formula is C18H13ClF3N7S. The second kappa shape index (κ2) is 6.88. The highest BCUT2D eigenvalue weighted by Crippen LogP contribution is 2.39. The molecule has 5 heterocycles. The molecule has 0 aliphatic carbocycles. The Balaban J connectivity index is 1.35. The zero-order valence-corrected chi connectivity index (χ0v) is 17.0. The van der Waals surface area contributed by atoms with Crippen LogP contribution in [0.1, 0.15) is 11.1 Å². The monoisotopic (exact) mass is 451 g/mol. The number of hydrogen-bond donors (Lipinski definition) is 1. The van der Waals surface area contributed by atoms with Gasteiger partial charge in [-0.3, -0.25) is 0 Å². The van der Waals surface area contributed by atoms with E-state index in [-0.39, 0.29) is 12.0 Å². The number of pyridine rings is 1. The van der Waals surface area contributed by atoms with Gasteiger partial charge < -0.3 is 10.2 Å². The predicted octanol–water partition coefficient (Wildman–Crippen LogP) is 4.31. The molecule has 7 nitrogen and oxygen atoms in total. The van der Waals surface area contributed by atoms with Crippen LogP contribution in [0.15, 0.2) is 24.7 Å². The Hall–Kier alpha value is -2.79.